The van der Waals surface area contributed by atoms with Crippen LogP contribution in [0.2, 0.25) is 0 Å². The van der Waals surface area contributed by atoms with Gasteiger partial charge in [-0.15, -0.1) is 0 Å². The van der Waals surface area contributed by atoms with Crippen LogP contribution in [-0.4, -0.2) is 18.6 Å². The van der Waals surface area contributed by atoms with Crippen molar-refractivity contribution in [2.24, 2.45) is 5.73 Å². The van der Waals surface area contributed by atoms with Gasteiger partial charge >= 0.3 is 5.97 Å². The third-order valence-corrected chi connectivity index (χ3v) is 3.74. The lowest BCUT2D eigenvalue weighted by molar-refractivity contribution is -0.147. The SMILES string of the molecule is COC(=O)C(C)(N)C1(c2ccccc2F)CC1. The third kappa shape index (κ3) is 1.63. The molecule has 0 spiro atoms. The number of hydrogen-bond acceptors (Lipinski definition) is 3. The van der Waals surface area contributed by atoms with E-state index in [0.717, 1.165) is 0 Å². The standard InChI is InChI=1S/C13H16FNO2/c1-12(15,11(16)17-2)13(7-8-13)9-5-3-4-6-10(9)14/h3-6H,7-8,15H2,1-2H3. The Morgan fingerprint density at radius 3 is 2.53 bits per heavy atom. The number of halogens is 1. The summed E-state index contributed by atoms with van der Waals surface area (Å²) < 4.78 is 18.5. The number of ether oxygens (including phenoxy) is 1. The average molecular weight is 237 g/mol. The van der Waals surface area contributed by atoms with Crippen LogP contribution in [0.1, 0.15) is 25.3 Å². The predicted molar refractivity (Wildman–Crippen MR) is 61.9 cm³/mol. The molecule has 1 saturated carbocycles. The Kier molecular flexibility index (Phi) is 2.70. The zero-order valence-electron chi connectivity index (χ0n) is 10.00. The van der Waals surface area contributed by atoms with Gasteiger partial charge in [0.05, 0.1) is 7.11 Å². The van der Waals surface area contributed by atoms with Gasteiger partial charge in [-0.2, -0.15) is 0 Å². The average Bonchev–Trinajstić information content (AvgIpc) is 3.10. The van der Waals surface area contributed by atoms with E-state index in [4.69, 9.17) is 10.5 Å². The molecule has 0 saturated heterocycles. The van der Waals surface area contributed by atoms with Crippen LogP contribution in [0, 0.1) is 5.82 Å². The molecule has 2 N–H and O–H groups in total. The van der Waals surface area contributed by atoms with Crippen molar-refractivity contribution in [1.29, 1.82) is 0 Å². The van der Waals surface area contributed by atoms with Gasteiger partial charge < -0.3 is 10.5 Å². The molecule has 0 aromatic heterocycles. The van der Waals surface area contributed by atoms with Crippen LogP contribution in [0.4, 0.5) is 4.39 Å². The Labute approximate surface area is 99.8 Å². The van der Waals surface area contributed by atoms with E-state index in [1.54, 1.807) is 25.1 Å². The van der Waals surface area contributed by atoms with Crippen molar-refractivity contribution in [3.8, 4) is 0 Å². The normalized spacial score (nSPS) is 20.5. The molecule has 3 nitrogen and oxygen atoms in total. The second-order valence-electron chi connectivity index (χ2n) is 4.76. The number of esters is 1. The predicted octanol–water partition coefficient (Wildman–Crippen LogP) is 1.75. The van der Waals surface area contributed by atoms with Crippen LogP contribution in [-0.2, 0) is 14.9 Å². The van der Waals surface area contributed by atoms with E-state index in [9.17, 15) is 9.18 Å². The fourth-order valence-corrected chi connectivity index (χ4v) is 2.45. The van der Waals surface area contributed by atoms with Crippen LogP contribution in [0.5, 0.6) is 0 Å². The van der Waals surface area contributed by atoms with Crippen molar-refractivity contribution >= 4 is 5.97 Å². The Bertz CT molecular complexity index is 452. The first kappa shape index (κ1) is 12.0. The van der Waals surface area contributed by atoms with Crippen LogP contribution < -0.4 is 5.73 Å². The highest BCUT2D eigenvalue weighted by molar-refractivity contribution is 5.83. The Morgan fingerprint density at radius 2 is 2.06 bits per heavy atom. The molecule has 1 aromatic carbocycles. The highest BCUT2D eigenvalue weighted by Gasteiger charge is 2.61. The summed E-state index contributed by atoms with van der Waals surface area (Å²) in [4.78, 5) is 11.7. The lowest BCUT2D eigenvalue weighted by Gasteiger charge is -2.32. The maximum atomic E-state index is 13.8. The molecule has 92 valence electrons. The van der Waals surface area contributed by atoms with Gasteiger partial charge in [-0.3, -0.25) is 4.79 Å². The minimum absolute atomic E-state index is 0.314. The molecule has 1 fully saturated rings. The molecule has 0 radical (unpaired) electrons. The number of hydrogen-bond donors (Lipinski definition) is 1. The molecule has 0 amide bonds. The summed E-state index contributed by atoms with van der Waals surface area (Å²) in [6, 6.07) is 6.46. The lowest BCUT2D eigenvalue weighted by Crippen LogP contribution is -2.55. The molecule has 4 heteroatoms. The zero-order chi connectivity index (χ0) is 12.7. The lowest BCUT2D eigenvalue weighted by atomic mass is 9.77. The third-order valence-electron chi connectivity index (χ3n) is 3.74. The molecule has 0 bridgehead atoms. The van der Waals surface area contributed by atoms with Gasteiger partial charge in [-0.1, -0.05) is 18.2 Å². The van der Waals surface area contributed by atoms with Crippen LogP contribution in [0.25, 0.3) is 0 Å². The molecular formula is C13H16FNO2. The fraction of sp³-hybridized carbons (Fsp3) is 0.462. The van der Waals surface area contributed by atoms with Crippen LogP contribution in [0.3, 0.4) is 0 Å². The van der Waals surface area contributed by atoms with E-state index in [0.29, 0.717) is 18.4 Å². The van der Waals surface area contributed by atoms with Crippen molar-refractivity contribution in [2.75, 3.05) is 7.11 Å². The van der Waals surface area contributed by atoms with E-state index >= 15 is 0 Å². The highest BCUT2D eigenvalue weighted by atomic mass is 19.1. The van der Waals surface area contributed by atoms with Crippen LogP contribution >= 0.6 is 0 Å². The maximum absolute atomic E-state index is 13.8. The Hall–Kier alpha value is -1.42. The van der Waals surface area contributed by atoms with Crippen molar-refractivity contribution in [3.63, 3.8) is 0 Å². The van der Waals surface area contributed by atoms with Gasteiger partial charge in [0.25, 0.3) is 0 Å². The Balaban J connectivity index is 2.45. The molecule has 1 unspecified atom stereocenters. The number of nitrogens with two attached hydrogens (primary N) is 1. The molecule has 1 aromatic rings. The van der Waals surface area contributed by atoms with Gasteiger partial charge in [0.15, 0.2) is 0 Å². The Morgan fingerprint density at radius 1 is 1.47 bits per heavy atom. The molecule has 1 aliphatic rings. The molecule has 17 heavy (non-hydrogen) atoms. The first-order valence-corrected chi connectivity index (χ1v) is 5.58. The second-order valence-corrected chi connectivity index (χ2v) is 4.76. The largest absolute Gasteiger partial charge is 0.468 e. The van der Waals surface area contributed by atoms with Crippen molar-refractivity contribution < 1.29 is 13.9 Å². The quantitative estimate of drug-likeness (QED) is 0.815. The topological polar surface area (TPSA) is 52.3 Å². The summed E-state index contributed by atoms with van der Waals surface area (Å²) in [5.74, 6) is -0.816. The zero-order valence-corrected chi connectivity index (χ0v) is 10.00. The van der Waals surface area contributed by atoms with Crippen molar-refractivity contribution in [1.82, 2.24) is 0 Å². The maximum Gasteiger partial charge on any atom is 0.326 e. The number of carbonyl (C=O) groups is 1. The van der Waals surface area contributed by atoms with Gasteiger partial charge in [-0.05, 0) is 31.4 Å². The fourth-order valence-electron chi connectivity index (χ4n) is 2.45. The smallest absolute Gasteiger partial charge is 0.326 e. The molecule has 0 aliphatic heterocycles. The van der Waals surface area contributed by atoms with E-state index in [1.807, 2.05) is 0 Å². The summed E-state index contributed by atoms with van der Waals surface area (Å²) >= 11 is 0. The van der Waals surface area contributed by atoms with Crippen molar-refractivity contribution in [2.45, 2.75) is 30.7 Å². The van der Waals surface area contributed by atoms with E-state index in [1.165, 1.54) is 13.2 Å². The van der Waals surface area contributed by atoms with Crippen molar-refractivity contribution in [3.05, 3.63) is 35.6 Å². The summed E-state index contributed by atoms with van der Waals surface area (Å²) in [7, 11) is 1.30. The first-order chi connectivity index (χ1) is 7.95. The highest BCUT2D eigenvalue weighted by Crippen LogP contribution is 2.55. The summed E-state index contributed by atoms with van der Waals surface area (Å²) in [5, 5.41) is 0. The monoisotopic (exact) mass is 237 g/mol. The van der Waals surface area contributed by atoms with Gasteiger partial charge in [-0.25, -0.2) is 4.39 Å². The van der Waals surface area contributed by atoms with E-state index in [-0.39, 0.29) is 5.82 Å². The first-order valence-electron chi connectivity index (χ1n) is 5.58. The number of rotatable bonds is 3. The summed E-state index contributed by atoms with van der Waals surface area (Å²) in [6.45, 7) is 1.61. The van der Waals surface area contributed by atoms with Gasteiger partial charge in [0.2, 0.25) is 0 Å². The summed E-state index contributed by atoms with van der Waals surface area (Å²) in [5.41, 5.74) is 4.77. The number of benzene rings is 1. The minimum atomic E-state index is -1.19. The second kappa shape index (κ2) is 3.81. The molecular weight excluding hydrogens is 221 g/mol. The minimum Gasteiger partial charge on any atom is -0.468 e. The van der Waals surface area contributed by atoms with Gasteiger partial charge in [0, 0.05) is 5.41 Å². The van der Waals surface area contributed by atoms with Gasteiger partial charge in [0.1, 0.15) is 11.4 Å². The molecule has 2 rings (SSSR count). The summed E-state index contributed by atoms with van der Waals surface area (Å²) in [6.07, 6.45) is 1.41. The number of carbonyl (C=O) groups excluding carboxylic acids is 1. The molecule has 1 atom stereocenters. The molecule has 0 heterocycles. The number of methoxy groups -OCH3 is 1. The van der Waals surface area contributed by atoms with E-state index in [2.05, 4.69) is 0 Å². The van der Waals surface area contributed by atoms with E-state index < -0.39 is 16.9 Å². The molecule has 1 aliphatic carbocycles. The van der Waals surface area contributed by atoms with Crippen LogP contribution in [0.15, 0.2) is 24.3 Å².